The largest absolute Gasteiger partial charge is 0.309 e. The number of aromatic nitrogens is 1. The third kappa shape index (κ3) is 5.93. The average molecular weight is 774 g/mol. The normalized spacial score (nSPS) is 11.6. The predicted octanol–water partition coefficient (Wildman–Crippen LogP) is 16.6. The van der Waals surface area contributed by atoms with Gasteiger partial charge in [0.25, 0.3) is 0 Å². The minimum Gasteiger partial charge on any atom is -0.309 e. The summed E-state index contributed by atoms with van der Waals surface area (Å²) in [5, 5.41) is 10.0. The van der Waals surface area contributed by atoms with Gasteiger partial charge in [0.2, 0.25) is 0 Å². The lowest BCUT2D eigenvalue weighted by molar-refractivity contribution is 1.18. The van der Waals surface area contributed by atoms with Crippen LogP contribution in [0.1, 0.15) is 0 Å². The second kappa shape index (κ2) is 14.4. The fourth-order valence-corrected chi connectivity index (χ4v) is 9.64. The van der Waals surface area contributed by atoms with E-state index in [1.165, 1.54) is 110 Å². The van der Waals surface area contributed by atoms with Crippen molar-refractivity contribution in [1.82, 2.24) is 4.57 Å². The Hall–Kier alpha value is -8.00. The number of nitrogens with zero attached hydrogens (tertiary/aromatic N) is 1. The molecule has 0 N–H and O–H groups in total. The molecule has 1 heterocycles. The quantitative estimate of drug-likeness (QED) is 0.148. The monoisotopic (exact) mass is 773 g/mol. The van der Waals surface area contributed by atoms with Gasteiger partial charge in [-0.2, -0.15) is 0 Å². The van der Waals surface area contributed by atoms with Gasteiger partial charge in [0.15, 0.2) is 0 Å². The van der Waals surface area contributed by atoms with Crippen LogP contribution in [0.5, 0.6) is 0 Å². The van der Waals surface area contributed by atoms with Crippen LogP contribution in [0.15, 0.2) is 237 Å². The maximum absolute atomic E-state index is 2.41. The van der Waals surface area contributed by atoms with E-state index in [4.69, 9.17) is 0 Å². The van der Waals surface area contributed by atoms with Gasteiger partial charge in [0, 0.05) is 16.5 Å². The van der Waals surface area contributed by atoms with Crippen molar-refractivity contribution in [2.75, 3.05) is 0 Å². The summed E-state index contributed by atoms with van der Waals surface area (Å²) in [4.78, 5) is 0. The van der Waals surface area contributed by atoms with E-state index in [1.807, 2.05) is 0 Å². The zero-order valence-corrected chi connectivity index (χ0v) is 33.5. The Labute approximate surface area is 355 Å². The lowest BCUT2D eigenvalue weighted by atomic mass is 9.85. The first-order valence-electron chi connectivity index (χ1n) is 21.1. The number of hydrogen-bond acceptors (Lipinski definition) is 0. The highest BCUT2D eigenvalue weighted by atomic mass is 15.0. The van der Waals surface area contributed by atoms with Gasteiger partial charge in [-0.15, -0.1) is 0 Å². The second-order valence-electron chi connectivity index (χ2n) is 16.1. The molecule has 12 rings (SSSR count). The zero-order valence-electron chi connectivity index (χ0n) is 33.5. The van der Waals surface area contributed by atoms with Gasteiger partial charge < -0.3 is 4.57 Å². The first kappa shape index (κ1) is 35.0. The maximum Gasteiger partial charge on any atom is 0.0541 e. The summed E-state index contributed by atoms with van der Waals surface area (Å²) in [6.45, 7) is 0. The van der Waals surface area contributed by atoms with Crippen LogP contribution in [0.25, 0.3) is 115 Å². The molecule has 0 aliphatic heterocycles. The predicted molar refractivity (Wildman–Crippen MR) is 260 cm³/mol. The molecular weight excluding hydrogens is 735 g/mol. The van der Waals surface area contributed by atoms with Crippen molar-refractivity contribution in [2.24, 2.45) is 0 Å². The molecular formula is C60H39N. The smallest absolute Gasteiger partial charge is 0.0541 e. The number of hydrogen-bond donors (Lipinski definition) is 0. The SMILES string of the molecule is c1ccc(-c2ccc(-c3ccc4c(c3)c3ccccc3n4-c3ccc(-c4c5ccccc5c(-c5ccc(-c6ccc7ccccc7c6)cc5)c5ccccc45)cc3)cc2)cc1. The third-order valence-electron chi connectivity index (χ3n) is 12.6. The Morgan fingerprint density at radius 1 is 0.213 bits per heavy atom. The van der Waals surface area contributed by atoms with Crippen LogP contribution >= 0.6 is 0 Å². The van der Waals surface area contributed by atoms with Crippen molar-refractivity contribution in [2.45, 2.75) is 0 Å². The summed E-state index contributed by atoms with van der Waals surface area (Å²) in [5.41, 5.74) is 15.8. The fraction of sp³-hybridized carbons (Fsp3) is 0. The summed E-state index contributed by atoms with van der Waals surface area (Å²) >= 11 is 0. The van der Waals surface area contributed by atoms with E-state index >= 15 is 0 Å². The van der Waals surface area contributed by atoms with Crippen molar-refractivity contribution in [3.05, 3.63) is 237 Å². The zero-order chi connectivity index (χ0) is 40.3. The van der Waals surface area contributed by atoms with Gasteiger partial charge in [-0.05, 0) is 124 Å². The minimum absolute atomic E-state index is 1.15. The van der Waals surface area contributed by atoms with Crippen LogP contribution < -0.4 is 0 Å². The molecule has 0 saturated carbocycles. The standard InChI is InChI=1S/C60H39N/c1-2-12-40(13-3-1)42-22-24-44(25-23-42)49-34-37-58-56(39-49)51-16-10-11-21-57(51)61(58)50-35-32-46(33-36-50)60-54-19-8-6-17-52(54)59(53-18-7-9-20-55(53)60)45-29-26-43(27-30-45)48-31-28-41-14-4-5-15-47(41)38-48/h1-39H. The third-order valence-corrected chi connectivity index (χ3v) is 12.6. The molecule has 0 radical (unpaired) electrons. The molecule has 0 spiro atoms. The molecule has 0 unspecified atom stereocenters. The van der Waals surface area contributed by atoms with E-state index in [2.05, 4.69) is 241 Å². The van der Waals surface area contributed by atoms with E-state index < -0.39 is 0 Å². The molecule has 0 fully saturated rings. The molecule has 0 atom stereocenters. The van der Waals surface area contributed by atoms with Crippen molar-refractivity contribution >= 4 is 54.1 Å². The molecule has 0 bridgehead atoms. The first-order valence-corrected chi connectivity index (χ1v) is 21.1. The second-order valence-corrected chi connectivity index (χ2v) is 16.1. The van der Waals surface area contributed by atoms with Crippen LogP contribution in [0.3, 0.4) is 0 Å². The van der Waals surface area contributed by atoms with Crippen LogP contribution in [0.2, 0.25) is 0 Å². The average Bonchev–Trinajstić information content (AvgIpc) is 3.67. The molecule has 0 aliphatic rings. The van der Waals surface area contributed by atoms with E-state index in [1.54, 1.807) is 0 Å². The van der Waals surface area contributed by atoms with Gasteiger partial charge in [0.1, 0.15) is 0 Å². The van der Waals surface area contributed by atoms with E-state index in [-0.39, 0.29) is 0 Å². The van der Waals surface area contributed by atoms with E-state index in [9.17, 15) is 0 Å². The summed E-state index contributed by atoms with van der Waals surface area (Å²) < 4.78 is 2.41. The molecule has 1 aromatic heterocycles. The Balaban J connectivity index is 0.936. The van der Waals surface area contributed by atoms with Crippen molar-refractivity contribution in [3.8, 4) is 61.3 Å². The molecule has 1 heteroatoms. The summed E-state index contributed by atoms with van der Waals surface area (Å²) in [6.07, 6.45) is 0. The fourth-order valence-electron chi connectivity index (χ4n) is 9.64. The Morgan fingerprint density at radius 2 is 0.607 bits per heavy atom. The summed E-state index contributed by atoms with van der Waals surface area (Å²) in [7, 11) is 0. The molecule has 0 aliphatic carbocycles. The van der Waals surface area contributed by atoms with Gasteiger partial charge in [-0.3, -0.25) is 0 Å². The summed E-state index contributed by atoms with van der Waals surface area (Å²) in [6, 6.07) is 86.7. The highest BCUT2D eigenvalue weighted by Gasteiger charge is 2.18. The number of rotatable bonds is 6. The van der Waals surface area contributed by atoms with Crippen LogP contribution in [0, 0.1) is 0 Å². The van der Waals surface area contributed by atoms with E-state index in [0.29, 0.717) is 0 Å². The Morgan fingerprint density at radius 3 is 1.21 bits per heavy atom. The van der Waals surface area contributed by atoms with Crippen LogP contribution in [-0.4, -0.2) is 4.57 Å². The molecule has 11 aromatic carbocycles. The van der Waals surface area contributed by atoms with Crippen molar-refractivity contribution < 1.29 is 0 Å². The van der Waals surface area contributed by atoms with Crippen molar-refractivity contribution in [3.63, 3.8) is 0 Å². The molecule has 284 valence electrons. The number of para-hydroxylation sites is 1. The Bertz CT molecular complexity index is 3540. The molecule has 1 nitrogen and oxygen atoms in total. The molecule has 0 amide bonds. The lowest BCUT2D eigenvalue weighted by Gasteiger charge is -2.18. The van der Waals surface area contributed by atoms with Crippen LogP contribution in [0.4, 0.5) is 0 Å². The van der Waals surface area contributed by atoms with Gasteiger partial charge in [0.05, 0.1) is 11.0 Å². The van der Waals surface area contributed by atoms with Gasteiger partial charge >= 0.3 is 0 Å². The highest BCUT2D eigenvalue weighted by Crippen LogP contribution is 2.44. The van der Waals surface area contributed by atoms with E-state index in [0.717, 1.165) is 5.69 Å². The maximum atomic E-state index is 2.41. The summed E-state index contributed by atoms with van der Waals surface area (Å²) in [5.74, 6) is 0. The number of benzene rings is 11. The molecule has 61 heavy (non-hydrogen) atoms. The first-order chi connectivity index (χ1) is 30.2. The van der Waals surface area contributed by atoms with Crippen molar-refractivity contribution in [1.29, 1.82) is 0 Å². The molecule has 12 aromatic rings. The van der Waals surface area contributed by atoms with Crippen LogP contribution in [-0.2, 0) is 0 Å². The highest BCUT2D eigenvalue weighted by molar-refractivity contribution is 6.21. The topological polar surface area (TPSA) is 4.93 Å². The number of fused-ring (bicyclic) bond motifs is 6. The molecule has 0 saturated heterocycles. The van der Waals surface area contributed by atoms with Gasteiger partial charge in [-0.1, -0.05) is 200 Å². The minimum atomic E-state index is 1.15. The Kier molecular flexibility index (Phi) is 8.25. The lowest BCUT2D eigenvalue weighted by Crippen LogP contribution is -1.95. The van der Waals surface area contributed by atoms with Gasteiger partial charge in [-0.25, -0.2) is 0 Å².